The molecule has 0 aliphatic carbocycles. The highest BCUT2D eigenvalue weighted by Gasteiger charge is 2.46. The molecule has 0 rings (SSSR count). The van der Waals surface area contributed by atoms with Crippen LogP contribution in [0.15, 0.2) is 0 Å². The summed E-state index contributed by atoms with van der Waals surface area (Å²) in [4.78, 5) is 25.6. The molecule has 0 saturated carbocycles. The van der Waals surface area contributed by atoms with Crippen molar-refractivity contribution < 1.29 is 19.1 Å². The van der Waals surface area contributed by atoms with Gasteiger partial charge in [0.25, 0.3) is 0 Å². The fraction of sp³-hybridized carbons (Fsp3) is 0.926. The molecule has 1 atom stereocenters. The Balaban J connectivity index is 4.25. The standard InChI is InChI=1S/C27H52O4/c1-8-11-12-13-14-15-16-17-18-19-20-30-24(28)27(9-2,10-3)25(29)31-22-23(4)21-26(5,6)7/h23H,8-22H2,1-7H3. The van der Waals surface area contributed by atoms with Crippen molar-refractivity contribution in [1.82, 2.24) is 0 Å². The molecule has 0 fully saturated rings. The van der Waals surface area contributed by atoms with Crippen LogP contribution in [0.3, 0.4) is 0 Å². The molecule has 1 unspecified atom stereocenters. The Labute approximate surface area is 193 Å². The van der Waals surface area contributed by atoms with Gasteiger partial charge in [-0.3, -0.25) is 9.59 Å². The monoisotopic (exact) mass is 440 g/mol. The molecule has 0 bridgehead atoms. The van der Waals surface area contributed by atoms with E-state index in [9.17, 15) is 9.59 Å². The van der Waals surface area contributed by atoms with Crippen molar-refractivity contribution in [1.29, 1.82) is 0 Å². The van der Waals surface area contributed by atoms with Crippen molar-refractivity contribution in [2.45, 2.75) is 132 Å². The van der Waals surface area contributed by atoms with Crippen molar-refractivity contribution in [3.8, 4) is 0 Å². The largest absolute Gasteiger partial charge is 0.465 e. The minimum Gasteiger partial charge on any atom is -0.465 e. The number of carbonyl (C=O) groups is 2. The highest BCUT2D eigenvalue weighted by Crippen LogP contribution is 2.31. The number of carbonyl (C=O) groups excluding carboxylic acids is 2. The molecule has 4 nitrogen and oxygen atoms in total. The molecule has 0 aromatic heterocycles. The van der Waals surface area contributed by atoms with Gasteiger partial charge in [0.2, 0.25) is 0 Å². The third kappa shape index (κ3) is 13.2. The first-order chi connectivity index (χ1) is 14.6. The maximum Gasteiger partial charge on any atom is 0.323 e. The molecule has 0 spiro atoms. The van der Waals surface area contributed by atoms with Crippen LogP contribution in [0, 0.1) is 16.7 Å². The predicted molar refractivity (Wildman–Crippen MR) is 130 cm³/mol. The molecule has 31 heavy (non-hydrogen) atoms. The summed E-state index contributed by atoms with van der Waals surface area (Å²) in [5.74, 6) is -0.578. The first kappa shape index (κ1) is 29.9. The lowest BCUT2D eigenvalue weighted by Crippen LogP contribution is -2.41. The first-order valence-corrected chi connectivity index (χ1v) is 13.0. The highest BCUT2D eigenvalue weighted by atomic mass is 16.6. The van der Waals surface area contributed by atoms with E-state index in [4.69, 9.17) is 9.47 Å². The molecule has 0 heterocycles. The Morgan fingerprint density at radius 3 is 1.61 bits per heavy atom. The fourth-order valence-electron chi connectivity index (χ4n) is 4.26. The number of ether oxygens (including phenoxy) is 2. The summed E-state index contributed by atoms with van der Waals surface area (Å²) >= 11 is 0. The fourth-order valence-corrected chi connectivity index (χ4v) is 4.26. The zero-order chi connectivity index (χ0) is 23.8. The van der Waals surface area contributed by atoms with E-state index >= 15 is 0 Å². The second kappa shape index (κ2) is 16.6. The number of esters is 2. The Hall–Kier alpha value is -1.06. The molecule has 0 aromatic carbocycles. The zero-order valence-corrected chi connectivity index (χ0v) is 21.8. The lowest BCUT2D eigenvalue weighted by atomic mass is 9.82. The van der Waals surface area contributed by atoms with Gasteiger partial charge in [-0.2, -0.15) is 0 Å². The van der Waals surface area contributed by atoms with Crippen molar-refractivity contribution in [2.75, 3.05) is 13.2 Å². The topological polar surface area (TPSA) is 52.6 Å². The SMILES string of the molecule is CCCCCCCCCCCCOC(=O)C(CC)(CC)C(=O)OCC(C)CC(C)(C)C. The van der Waals surface area contributed by atoms with Crippen LogP contribution in [-0.4, -0.2) is 25.2 Å². The molecule has 0 aliphatic heterocycles. The van der Waals surface area contributed by atoms with E-state index < -0.39 is 17.4 Å². The summed E-state index contributed by atoms with van der Waals surface area (Å²) in [6.45, 7) is 15.3. The van der Waals surface area contributed by atoms with Gasteiger partial charge in [0, 0.05) is 0 Å². The van der Waals surface area contributed by atoms with Gasteiger partial charge < -0.3 is 9.47 Å². The van der Waals surface area contributed by atoms with Gasteiger partial charge >= 0.3 is 11.9 Å². The molecule has 0 aromatic rings. The van der Waals surface area contributed by atoms with E-state index in [1.165, 1.54) is 51.4 Å². The van der Waals surface area contributed by atoms with Crippen LogP contribution < -0.4 is 0 Å². The molecule has 0 saturated heterocycles. The minimum atomic E-state index is -1.17. The lowest BCUT2D eigenvalue weighted by Gasteiger charge is -2.28. The summed E-state index contributed by atoms with van der Waals surface area (Å²) in [6.07, 6.45) is 14.2. The van der Waals surface area contributed by atoms with E-state index in [1.807, 2.05) is 13.8 Å². The Kier molecular flexibility index (Phi) is 16.0. The summed E-state index contributed by atoms with van der Waals surface area (Å²) in [5.41, 5.74) is -0.980. The highest BCUT2D eigenvalue weighted by molar-refractivity contribution is 6.00. The molecule has 184 valence electrons. The van der Waals surface area contributed by atoms with E-state index in [1.54, 1.807) is 0 Å². The van der Waals surface area contributed by atoms with Crippen LogP contribution in [0.25, 0.3) is 0 Å². The molecule has 0 aliphatic rings. The molecule has 0 N–H and O–H groups in total. The van der Waals surface area contributed by atoms with Crippen molar-refractivity contribution >= 4 is 11.9 Å². The van der Waals surface area contributed by atoms with Crippen LogP contribution >= 0.6 is 0 Å². The van der Waals surface area contributed by atoms with E-state index in [0.29, 0.717) is 26.1 Å². The molecule has 0 amide bonds. The second-order valence-corrected chi connectivity index (χ2v) is 10.6. The van der Waals surface area contributed by atoms with E-state index in [2.05, 4.69) is 34.6 Å². The van der Waals surface area contributed by atoms with Crippen LogP contribution in [0.2, 0.25) is 0 Å². The summed E-state index contributed by atoms with van der Waals surface area (Å²) in [6, 6.07) is 0. The summed E-state index contributed by atoms with van der Waals surface area (Å²) in [5, 5.41) is 0. The van der Waals surface area contributed by atoms with Crippen LogP contribution in [0.5, 0.6) is 0 Å². The predicted octanol–water partition coefficient (Wildman–Crippen LogP) is 7.87. The van der Waals surface area contributed by atoms with E-state index in [-0.39, 0.29) is 11.3 Å². The van der Waals surface area contributed by atoms with Gasteiger partial charge in [-0.25, -0.2) is 0 Å². The molecule has 4 heteroatoms. The molecular weight excluding hydrogens is 388 g/mol. The number of hydrogen-bond acceptors (Lipinski definition) is 4. The molecule has 0 radical (unpaired) electrons. The van der Waals surface area contributed by atoms with Crippen molar-refractivity contribution in [3.05, 3.63) is 0 Å². The number of rotatable bonds is 18. The van der Waals surface area contributed by atoms with Crippen LogP contribution in [0.1, 0.15) is 132 Å². The van der Waals surface area contributed by atoms with Gasteiger partial charge in [0.05, 0.1) is 13.2 Å². The number of unbranched alkanes of at least 4 members (excludes halogenated alkanes) is 9. The van der Waals surface area contributed by atoms with Gasteiger partial charge in [-0.05, 0) is 37.0 Å². The number of hydrogen-bond donors (Lipinski definition) is 0. The smallest absolute Gasteiger partial charge is 0.323 e. The minimum absolute atomic E-state index is 0.187. The summed E-state index contributed by atoms with van der Waals surface area (Å²) < 4.78 is 11.1. The average molecular weight is 441 g/mol. The summed E-state index contributed by atoms with van der Waals surface area (Å²) in [7, 11) is 0. The average Bonchev–Trinajstić information content (AvgIpc) is 2.70. The lowest BCUT2D eigenvalue weighted by molar-refractivity contribution is -0.174. The Morgan fingerprint density at radius 1 is 0.710 bits per heavy atom. The van der Waals surface area contributed by atoms with Crippen molar-refractivity contribution in [2.24, 2.45) is 16.7 Å². The third-order valence-electron chi connectivity index (χ3n) is 6.18. The maximum absolute atomic E-state index is 12.8. The Bertz CT molecular complexity index is 474. The quantitative estimate of drug-likeness (QED) is 0.124. The van der Waals surface area contributed by atoms with Crippen molar-refractivity contribution in [3.63, 3.8) is 0 Å². The van der Waals surface area contributed by atoms with Gasteiger partial charge in [0.1, 0.15) is 0 Å². The first-order valence-electron chi connectivity index (χ1n) is 13.0. The van der Waals surface area contributed by atoms with Gasteiger partial charge in [0.15, 0.2) is 5.41 Å². The van der Waals surface area contributed by atoms with Gasteiger partial charge in [-0.15, -0.1) is 0 Å². The Morgan fingerprint density at radius 2 is 1.16 bits per heavy atom. The third-order valence-corrected chi connectivity index (χ3v) is 6.18. The van der Waals surface area contributed by atoms with Crippen LogP contribution in [0.4, 0.5) is 0 Å². The van der Waals surface area contributed by atoms with Gasteiger partial charge in [-0.1, -0.05) is 106 Å². The second-order valence-electron chi connectivity index (χ2n) is 10.6. The maximum atomic E-state index is 12.8. The van der Waals surface area contributed by atoms with E-state index in [0.717, 1.165) is 19.3 Å². The van der Waals surface area contributed by atoms with Crippen LogP contribution in [-0.2, 0) is 19.1 Å². The zero-order valence-electron chi connectivity index (χ0n) is 21.8. The normalized spacial score (nSPS) is 13.1. The molecular formula is C27H52O4.